The zero-order chi connectivity index (χ0) is 33.6. The molecule has 0 unspecified atom stereocenters. The van der Waals surface area contributed by atoms with E-state index in [1.807, 2.05) is 109 Å². The molecule has 1 aliphatic heterocycles. The van der Waals surface area contributed by atoms with Crippen LogP contribution < -0.4 is 4.74 Å². The van der Waals surface area contributed by atoms with Gasteiger partial charge in [-0.25, -0.2) is 0 Å². The molecule has 0 spiro atoms. The molecule has 0 aliphatic carbocycles. The van der Waals surface area contributed by atoms with Gasteiger partial charge in [-0.3, -0.25) is 0 Å². The summed E-state index contributed by atoms with van der Waals surface area (Å²) in [6, 6.07) is 37.8. The predicted molar refractivity (Wildman–Crippen MR) is 181 cm³/mol. The molecule has 0 saturated heterocycles. The third-order valence-electron chi connectivity index (χ3n) is 8.43. The summed E-state index contributed by atoms with van der Waals surface area (Å²) in [5.74, 6) is 1.44. The maximum absolute atomic E-state index is 9.41. The summed E-state index contributed by atoms with van der Waals surface area (Å²) in [6.07, 6.45) is 0. The maximum atomic E-state index is 9.41. The van der Waals surface area contributed by atoms with Crippen molar-refractivity contribution in [3.8, 4) is 56.0 Å². The molecule has 8 aromatic rings. The average Bonchev–Trinajstić information content (AvgIpc) is 3.14. The lowest BCUT2D eigenvalue weighted by Gasteiger charge is -2.24. The number of ether oxygens (including phenoxy) is 1. The highest BCUT2D eigenvalue weighted by molar-refractivity contribution is 6.25. The van der Waals surface area contributed by atoms with Crippen LogP contribution in [0.3, 0.4) is 0 Å². The van der Waals surface area contributed by atoms with Crippen LogP contribution in [0.15, 0.2) is 158 Å². The molecule has 1 aliphatic rings. The van der Waals surface area contributed by atoms with Crippen LogP contribution in [-0.2, 0) is 0 Å². The molecule has 0 N–H and O–H groups in total. The van der Waals surface area contributed by atoms with Crippen LogP contribution in [0.5, 0.6) is 11.5 Å². The molecular weight excluding hydrogens is 520 g/mol. The third kappa shape index (κ3) is 3.58. The first-order valence-electron chi connectivity index (χ1n) is 17.3. The normalized spacial score (nSPS) is 13.9. The minimum absolute atomic E-state index is 0.163. The van der Waals surface area contributed by atoms with E-state index in [0.29, 0.717) is 44.0 Å². The molecule has 0 atom stereocenters. The minimum Gasteiger partial charge on any atom is -0.456 e. The van der Waals surface area contributed by atoms with E-state index in [4.69, 9.17) is 7.48 Å². The fourth-order valence-corrected chi connectivity index (χ4v) is 6.63. The van der Waals surface area contributed by atoms with E-state index in [9.17, 15) is 5.48 Å². The van der Waals surface area contributed by atoms with E-state index in [1.54, 1.807) is 12.1 Å². The number of rotatable bonds is 3. The zero-order valence-corrected chi connectivity index (χ0v) is 23.0. The van der Waals surface area contributed by atoms with Crippen LogP contribution in [0.2, 0.25) is 0 Å². The quantitative estimate of drug-likeness (QED) is 0.198. The standard InChI is InChI=1S/C42H26O/c1-2-13-27(14-3-1)28-15-4-5-17-30(28)40-31-18-6-8-20-33(31)41(34-21-9-7-19-32(34)40)37-26-25-36-29-16-10-11-23-38(29)43-39-24-12-22-35(37)42(36)39/h1-26H/i6D,8D,18D,19D,20D,21D. The molecule has 9 rings (SSSR count). The van der Waals surface area contributed by atoms with Gasteiger partial charge in [-0.15, -0.1) is 0 Å². The fourth-order valence-electron chi connectivity index (χ4n) is 6.63. The summed E-state index contributed by atoms with van der Waals surface area (Å²) in [5, 5.41) is 3.26. The Hall–Kier alpha value is -5.66. The second-order valence-corrected chi connectivity index (χ2v) is 10.7. The van der Waals surface area contributed by atoms with Gasteiger partial charge in [0.15, 0.2) is 0 Å². The lowest BCUT2D eigenvalue weighted by atomic mass is 9.82. The van der Waals surface area contributed by atoms with Crippen molar-refractivity contribution < 1.29 is 13.0 Å². The van der Waals surface area contributed by atoms with Crippen molar-refractivity contribution in [2.75, 3.05) is 0 Å². The van der Waals surface area contributed by atoms with E-state index in [-0.39, 0.29) is 36.3 Å². The molecule has 200 valence electrons. The van der Waals surface area contributed by atoms with Crippen molar-refractivity contribution in [3.63, 3.8) is 0 Å². The second kappa shape index (κ2) is 9.44. The number of para-hydroxylation sites is 1. The van der Waals surface area contributed by atoms with E-state index in [1.165, 1.54) is 0 Å². The summed E-state index contributed by atoms with van der Waals surface area (Å²) >= 11 is 0. The third-order valence-corrected chi connectivity index (χ3v) is 8.43. The van der Waals surface area contributed by atoms with Crippen LogP contribution in [0, 0.1) is 0 Å². The summed E-state index contributed by atoms with van der Waals surface area (Å²) in [4.78, 5) is 0. The molecule has 1 heterocycles. The Morgan fingerprint density at radius 3 is 1.72 bits per heavy atom. The van der Waals surface area contributed by atoms with Gasteiger partial charge in [0.2, 0.25) is 0 Å². The van der Waals surface area contributed by atoms with Crippen LogP contribution in [0.25, 0.3) is 76.8 Å². The fraction of sp³-hybridized carbons (Fsp3) is 0. The van der Waals surface area contributed by atoms with Crippen molar-refractivity contribution in [1.29, 1.82) is 0 Å². The van der Waals surface area contributed by atoms with Gasteiger partial charge in [0.25, 0.3) is 0 Å². The zero-order valence-electron chi connectivity index (χ0n) is 29.0. The lowest BCUT2D eigenvalue weighted by molar-refractivity contribution is 0.487. The van der Waals surface area contributed by atoms with Gasteiger partial charge >= 0.3 is 0 Å². The van der Waals surface area contributed by atoms with Crippen molar-refractivity contribution in [2.24, 2.45) is 0 Å². The number of fused-ring (bicyclic) bond motifs is 4. The molecule has 0 radical (unpaired) electrons. The lowest BCUT2D eigenvalue weighted by Crippen LogP contribution is -1.98. The van der Waals surface area contributed by atoms with E-state index in [2.05, 4.69) is 0 Å². The monoisotopic (exact) mass is 552 g/mol. The molecule has 8 aromatic carbocycles. The Morgan fingerprint density at radius 1 is 0.372 bits per heavy atom. The average molecular weight is 553 g/mol. The van der Waals surface area contributed by atoms with Gasteiger partial charge in [0.05, 0.1) is 8.22 Å². The van der Waals surface area contributed by atoms with Gasteiger partial charge in [0, 0.05) is 10.9 Å². The summed E-state index contributed by atoms with van der Waals surface area (Å²) in [7, 11) is 0. The largest absolute Gasteiger partial charge is 0.456 e. The highest BCUT2D eigenvalue weighted by atomic mass is 16.5. The first kappa shape index (κ1) is 18.7. The second-order valence-electron chi connectivity index (χ2n) is 10.7. The first-order valence-corrected chi connectivity index (χ1v) is 14.3. The molecule has 1 heteroatoms. The Bertz CT molecular complexity index is 2700. The van der Waals surface area contributed by atoms with E-state index in [0.717, 1.165) is 44.3 Å². The number of benzene rings is 8. The summed E-state index contributed by atoms with van der Waals surface area (Å²) < 4.78 is 61.5. The molecule has 0 amide bonds. The van der Waals surface area contributed by atoms with E-state index >= 15 is 0 Å². The van der Waals surface area contributed by atoms with Crippen LogP contribution in [-0.4, -0.2) is 0 Å². The predicted octanol–water partition coefficient (Wildman–Crippen LogP) is 11.9. The van der Waals surface area contributed by atoms with Gasteiger partial charge in [-0.1, -0.05) is 145 Å². The van der Waals surface area contributed by atoms with Crippen LogP contribution in [0.4, 0.5) is 0 Å². The van der Waals surface area contributed by atoms with E-state index < -0.39 is 0 Å². The van der Waals surface area contributed by atoms with Crippen molar-refractivity contribution >= 4 is 32.3 Å². The van der Waals surface area contributed by atoms with Crippen LogP contribution in [0.1, 0.15) is 8.22 Å². The topological polar surface area (TPSA) is 9.23 Å². The van der Waals surface area contributed by atoms with Crippen molar-refractivity contribution in [3.05, 3.63) is 158 Å². The summed E-state index contributed by atoms with van der Waals surface area (Å²) in [5.41, 5.74) is 6.18. The molecule has 0 fully saturated rings. The van der Waals surface area contributed by atoms with Crippen molar-refractivity contribution in [1.82, 2.24) is 0 Å². The Kier molecular flexibility index (Phi) is 4.11. The van der Waals surface area contributed by atoms with Crippen molar-refractivity contribution in [2.45, 2.75) is 0 Å². The highest BCUT2D eigenvalue weighted by Gasteiger charge is 2.24. The Labute approximate surface area is 258 Å². The SMILES string of the molecule is [2H]c1c([2H])c([2H])c2c(-c3ccc4c5c(cccc35)Oc3ccccc3-4)c3c([2H])ccc([2H])c3c(-c3ccccc3-c3ccccc3)c2c1[2H]. The molecule has 0 aromatic heterocycles. The molecule has 0 bridgehead atoms. The van der Waals surface area contributed by atoms with Gasteiger partial charge < -0.3 is 4.74 Å². The Balaban J connectivity index is 1.52. The summed E-state index contributed by atoms with van der Waals surface area (Å²) in [6.45, 7) is 0. The molecule has 0 saturated carbocycles. The minimum atomic E-state index is -0.353. The molecule has 1 nitrogen and oxygen atoms in total. The van der Waals surface area contributed by atoms with Crippen LogP contribution >= 0.6 is 0 Å². The molecular formula is C42H26O. The van der Waals surface area contributed by atoms with Gasteiger partial charge in [-0.05, 0) is 78.0 Å². The van der Waals surface area contributed by atoms with Gasteiger partial charge in [-0.2, -0.15) is 0 Å². The maximum Gasteiger partial charge on any atom is 0.135 e. The molecule has 43 heavy (non-hydrogen) atoms. The number of hydrogen-bond acceptors (Lipinski definition) is 1. The van der Waals surface area contributed by atoms with Gasteiger partial charge in [0.1, 0.15) is 11.5 Å². The smallest absolute Gasteiger partial charge is 0.135 e. The number of hydrogen-bond donors (Lipinski definition) is 0. The first-order chi connectivity index (χ1) is 23.8. The Morgan fingerprint density at radius 2 is 0.953 bits per heavy atom. The highest BCUT2D eigenvalue weighted by Crippen LogP contribution is 2.51.